The molecule has 2 amide bonds. The molecular weight excluding hydrogens is 625 g/mol. The van der Waals surface area contributed by atoms with Crippen LogP contribution >= 0.6 is 0 Å². The van der Waals surface area contributed by atoms with Crippen molar-refractivity contribution in [2.45, 2.75) is 53.1 Å². The number of esters is 1. The van der Waals surface area contributed by atoms with E-state index in [1.54, 1.807) is 0 Å². The first-order valence-corrected chi connectivity index (χ1v) is 9.41. The number of hydrogen-bond donors (Lipinski definition) is 2. The Hall–Kier alpha value is -2.71. The van der Waals surface area contributed by atoms with Crippen LogP contribution in [0.3, 0.4) is 0 Å². The average Bonchev–Trinajstić information content (AvgIpc) is 2.56. The van der Waals surface area contributed by atoms with Gasteiger partial charge in [-0.3, -0.25) is 9.59 Å². The topological polar surface area (TPSA) is 126 Å². The van der Waals surface area contributed by atoms with Gasteiger partial charge in [0.05, 0.1) is 39.5 Å². The zero-order valence-electron chi connectivity index (χ0n) is 18.2. The molecule has 0 saturated carbocycles. The van der Waals surface area contributed by atoms with E-state index in [2.05, 4.69) is 19.2 Å². The van der Waals surface area contributed by atoms with Gasteiger partial charge in [-0.25, -0.2) is 0 Å². The summed E-state index contributed by atoms with van der Waals surface area (Å²) in [5.41, 5.74) is 4.50. The van der Waals surface area contributed by atoms with Crippen LogP contribution in [-0.4, -0.2) is 70.1 Å². The number of nitrogens with two attached hydrogens (primary N) is 1. The van der Waals surface area contributed by atoms with E-state index in [0.717, 1.165) is 0 Å². The predicted octanol–water partition coefficient (Wildman–Crippen LogP) is 0.943. The minimum absolute atomic E-state index is 0. The monoisotopic (exact) mass is 662 g/mol. The standard InChI is InChI=1S/C11H22O3.C8H15N2O4.Fm/c1-9(2)8-13-7-6-10(12)14-11(3,4)5;9-8(12)1-3-13-5-6-14-4-2-10-7-11;/h9H,6-8H2,1-5H3;1-6H2,(H2,9,12)(H,10,11);/q;-1;. The maximum atomic E-state index is 11.2. The van der Waals surface area contributed by atoms with E-state index in [1.165, 1.54) is 6.41 Å². The average molecular weight is 663 g/mol. The molecule has 0 heterocycles. The fraction of sp³-hybridized carbons (Fsp3) is 0.842. The molecule has 0 fully saturated rings. The molecule has 0 aliphatic rings. The van der Waals surface area contributed by atoms with Gasteiger partial charge in [-0.05, 0) is 26.7 Å². The Labute approximate surface area is 168 Å². The van der Waals surface area contributed by atoms with Gasteiger partial charge in [-0.1, -0.05) is 13.8 Å². The Morgan fingerprint density at radius 1 is 0.966 bits per heavy atom. The van der Waals surface area contributed by atoms with Crippen LogP contribution < -0.4 is 11.1 Å². The van der Waals surface area contributed by atoms with E-state index >= 15 is 0 Å². The van der Waals surface area contributed by atoms with E-state index < -0.39 is 5.60 Å². The molecule has 0 saturated heterocycles. The van der Waals surface area contributed by atoms with E-state index in [4.69, 9.17) is 24.7 Å². The number of hydrogen-bond acceptors (Lipinski definition) is 7. The van der Waals surface area contributed by atoms with Crippen LogP contribution in [0.15, 0.2) is 0 Å². The number of ether oxygens (including phenoxy) is 4. The van der Waals surface area contributed by atoms with Crippen LogP contribution in [0, 0.1) is 5.92 Å². The minimum Gasteiger partial charge on any atom is -0.528 e. The molecule has 10 heteroatoms. The van der Waals surface area contributed by atoms with Crippen LogP contribution in [0.25, 0.3) is 0 Å². The summed E-state index contributed by atoms with van der Waals surface area (Å²) in [6.45, 7) is 12.9. The second kappa shape index (κ2) is 20.0. The molecule has 0 aromatic heterocycles. The number of carbonyl (C=O) groups is 2. The molecule has 3 N–H and O–H groups in total. The van der Waals surface area contributed by atoms with Gasteiger partial charge in [-0.2, -0.15) is 6.41 Å². The maximum absolute atomic E-state index is 11.2. The van der Waals surface area contributed by atoms with Crippen LogP contribution in [0.4, 0.5) is 0 Å². The number of rotatable bonds is 15. The number of amides is 2. The smallest absolute Gasteiger partial charge is 0.308 e. The van der Waals surface area contributed by atoms with Crippen molar-refractivity contribution in [3.63, 3.8) is 0 Å². The molecule has 0 aliphatic heterocycles. The zero-order chi connectivity index (χ0) is 21.8. The zero-order valence-corrected chi connectivity index (χ0v) is 20.6. The van der Waals surface area contributed by atoms with Crippen molar-refractivity contribution in [1.29, 1.82) is 0 Å². The molecule has 0 atom stereocenters. The van der Waals surface area contributed by atoms with Crippen molar-refractivity contribution >= 4 is 18.3 Å². The Morgan fingerprint density at radius 2 is 1.52 bits per heavy atom. The second-order valence-electron chi connectivity index (χ2n) is 7.28. The molecule has 0 unspecified atom stereocenters. The van der Waals surface area contributed by atoms with Gasteiger partial charge in [0, 0.05) is 19.6 Å². The van der Waals surface area contributed by atoms with Crippen LogP contribution in [0.1, 0.15) is 47.5 Å². The van der Waals surface area contributed by atoms with Gasteiger partial charge < -0.3 is 34.8 Å². The molecular formula is C19H37FmN2O7-. The number of carbonyl (C=O) groups excluding carboxylic acids is 3. The van der Waals surface area contributed by atoms with Crippen molar-refractivity contribution in [2.75, 3.05) is 46.2 Å². The van der Waals surface area contributed by atoms with E-state index in [9.17, 15) is 14.4 Å². The van der Waals surface area contributed by atoms with Crippen molar-refractivity contribution in [3.8, 4) is 0 Å². The Kier molecular flexibility index (Phi) is 21.4. The van der Waals surface area contributed by atoms with Gasteiger partial charge in [0.25, 0.3) is 0 Å². The first-order valence-electron chi connectivity index (χ1n) is 9.41. The Morgan fingerprint density at radius 3 is 2.00 bits per heavy atom. The van der Waals surface area contributed by atoms with Gasteiger partial charge in [-0.15, -0.1) is 0 Å². The predicted molar refractivity (Wildman–Crippen MR) is 105 cm³/mol. The van der Waals surface area contributed by atoms with Gasteiger partial charge in [0.15, 0.2) is 0 Å². The Bertz CT molecular complexity index is 416. The molecule has 0 rings (SSSR count). The summed E-state index contributed by atoms with van der Waals surface area (Å²) in [4.78, 5) is 31.2. The van der Waals surface area contributed by atoms with Crippen molar-refractivity contribution < 1.29 is 33.3 Å². The number of nitrogens with one attached hydrogen (secondary N) is 1. The SMILES string of the molecule is CC(C)COCCC(=O)OC(C)(C)C.NC(=O)CCOCCOCCN[C-]=O.[Fm]. The third-order valence-corrected chi connectivity index (χ3v) is 2.63. The quantitative estimate of drug-likeness (QED) is 0.116. The second-order valence-corrected chi connectivity index (χ2v) is 7.28. The van der Waals surface area contributed by atoms with Crippen LogP contribution in [-0.2, 0) is 33.3 Å². The molecule has 0 spiro atoms. The largest absolute Gasteiger partial charge is 0.528 e. The van der Waals surface area contributed by atoms with Crippen LogP contribution in [0.2, 0.25) is 0 Å². The third-order valence-electron chi connectivity index (χ3n) is 2.63. The van der Waals surface area contributed by atoms with E-state index in [-0.39, 0.29) is 18.3 Å². The van der Waals surface area contributed by atoms with E-state index in [1.807, 2.05) is 20.8 Å². The molecule has 0 aromatic rings. The summed E-state index contributed by atoms with van der Waals surface area (Å²) in [5.74, 6) is -0.0634. The van der Waals surface area contributed by atoms with Crippen LogP contribution in [0.5, 0.6) is 0 Å². The maximum Gasteiger partial charge on any atom is 0.308 e. The first kappa shape index (κ1) is 31.0. The van der Waals surface area contributed by atoms with Gasteiger partial charge in [0.2, 0.25) is 5.91 Å². The fourth-order valence-corrected chi connectivity index (χ4v) is 1.54. The van der Waals surface area contributed by atoms with E-state index in [0.29, 0.717) is 58.5 Å². The molecule has 0 bridgehead atoms. The molecule has 9 nitrogen and oxygen atoms in total. The minimum atomic E-state index is -0.394. The fourth-order valence-electron chi connectivity index (χ4n) is 1.54. The molecule has 29 heavy (non-hydrogen) atoms. The normalized spacial score (nSPS) is 10.4. The summed E-state index contributed by atoms with van der Waals surface area (Å²) >= 11 is 0. The summed E-state index contributed by atoms with van der Waals surface area (Å²) in [5, 5.41) is 2.33. The molecule has 0 aromatic carbocycles. The van der Waals surface area contributed by atoms with Crippen molar-refractivity contribution in [2.24, 2.45) is 11.7 Å². The third kappa shape index (κ3) is 33.3. The van der Waals surface area contributed by atoms with Crippen molar-refractivity contribution in [1.82, 2.24) is 5.32 Å². The summed E-state index contributed by atoms with van der Waals surface area (Å²) in [7, 11) is 0. The molecule has 0 aliphatic carbocycles. The van der Waals surface area contributed by atoms with Gasteiger partial charge in [0.1, 0.15) is 5.60 Å². The van der Waals surface area contributed by atoms with Crippen molar-refractivity contribution in [3.05, 3.63) is 0 Å². The molecule has 178 valence electrons. The summed E-state index contributed by atoms with van der Waals surface area (Å²) in [6.07, 6.45) is 2.09. The number of primary amides is 1. The summed E-state index contributed by atoms with van der Waals surface area (Å²) < 4.78 is 20.5. The molecule has 0 radical (unpaired) electrons. The van der Waals surface area contributed by atoms with Gasteiger partial charge >= 0.3 is 5.97 Å². The Balaban J connectivity index is -0.000000451. The summed E-state index contributed by atoms with van der Waals surface area (Å²) in [6, 6.07) is 0. The first-order chi connectivity index (χ1) is 13.1.